The molecule has 0 aliphatic rings. The van der Waals surface area contributed by atoms with Crippen LogP contribution in [0.4, 0.5) is 5.69 Å². The lowest BCUT2D eigenvalue weighted by Crippen LogP contribution is -1.97. The quantitative estimate of drug-likeness (QED) is 0.707. The number of nitrogens with zero attached hydrogens (tertiary/aromatic N) is 1. The SMILES string of the molecule is Cc1nc2c(O)cc(C#CCNc3ccccc3)cc2s1. The average molecular weight is 294 g/mol. The Morgan fingerprint density at radius 1 is 1.24 bits per heavy atom. The number of fused-ring (bicyclic) bond motifs is 1. The summed E-state index contributed by atoms with van der Waals surface area (Å²) in [6.45, 7) is 2.49. The highest BCUT2D eigenvalue weighted by atomic mass is 32.1. The molecule has 0 bridgehead atoms. The van der Waals surface area contributed by atoms with Gasteiger partial charge in [-0.25, -0.2) is 4.98 Å². The van der Waals surface area contributed by atoms with E-state index in [0.29, 0.717) is 12.1 Å². The fraction of sp³-hybridized carbons (Fsp3) is 0.118. The molecule has 2 N–H and O–H groups in total. The molecule has 0 spiro atoms. The Morgan fingerprint density at radius 3 is 2.86 bits per heavy atom. The van der Waals surface area contributed by atoms with Crippen LogP contribution in [0, 0.1) is 18.8 Å². The van der Waals surface area contributed by atoms with Gasteiger partial charge in [-0.15, -0.1) is 11.3 Å². The number of phenolic OH excluding ortho intramolecular Hbond substituents is 1. The van der Waals surface area contributed by atoms with Gasteiger partial charge in [0, 0.05) is 11.3 Å². The highest BCUT2D eigenvalue weighted by molar-refractivity contribution is 7.18. The third-order valence-electron chi connectivity index (χ3n) is 2.97. The Kier molecular flexibility index (Phi) is 3.76. The van der Waals surface area contributed by atoms with Crippen molar-refractivity contribution in [1.82, 2.24) is 4.98 Å². The summed E-state index contributed by atoms with van der Waals surface area (Å²) in [5.74, 6) is 6.32. The zero-order valence-electron chi connectivity index (χ0n) is 11.6. The maximum atomic E-state index is 9.96. The molecule has 0 amide bonds. The van der Waals surface area contributed by atoms with Gasteiger partial charge >= 0.3 is 0 Å². The first-order valence-corrected chi connectivity index (χ1v) is 7.42. The summed E-state index contributed by atoms with van der Waals surface area (Å²) in [4.78, 5) is 4.30. The highest BCUT2D eigenvalue weighted by Crippen LogP contribution is 2.30. The van der Waals surface area contributed by atoms with E-state index in [1.807, 2.05) is 43.3 Å². The molecule has 0 unspecified atom stereocenters. The fourth-order valence-corrected chi connectivity index (χ4v) is 2.93. The molecule has 3 nitrogen and oxygen atoms in total. The fourth-order valence-electron chi connectivity index (χ4n) is 2.04. The summed E-state index contributed by atoms with van der Waals surface area (Å²) in [5.41, 5.74) is 2.51. The predicted octanol–water partition coefficient (Wildman–Crippen LogP) is 3.77. The molecule has 0 aliphatic carbocycles. The second-order valence-corrected chi connectivity index (χ2v) is 5.83. The third-order valence-corrected chi connectivity index (χ3v) is 3.89. The molecule has 0 atom stereocenters. The van der Waals surface area contributed by atoms with Crippen LogP contribution < -0.4 is 5.32 Å². The Bertz CT molecular complexity index is 828. The van der Waals surface area contributed by atoms with Gasteiger partial charge < -0.3 is 10.4 Å². The Morgan fingerprint density at radius 2 is 2.05 bits per heavy atom. The van der Waals surface area contributed by atoms with Crippen LogP contribution in [0.2, 0.25) is 0 Å². The van der Waals surface area contributed by atoms with E-state index in [0.717, 1.165) is 21.0 Å². The maximum Gasteiger partial charge on any atom is 0.143 e. The van der Waals surface area contributed by atoms with E-state index in [-0.39, 0.29) is 5.75 Å². The van der Waals surface area contributed by atoms with Crippen molar-refractivity contribution in [3.8, 4) is 17.6 Å². The molecule has 2 aromatic carbocycles. The molecule has 0 aliphatic heterocycles. The van der Waals surface area contributed by atoms with Crippen molar-refractivity contribution in [3.63, 3.8) is 0 Å². The smallest absolute Gasteiger partial charge is 0.143 e. The molecule has 0 radical (unpaired) electrons. The number of hydrogen-bond donors (Lipinski definition) is 2. The summed E-state index contributed by atoms with van der Waals surface area (Å²) >= 11 is 1.56. The summed E-state index contributed by atoms with van der Waals surface area (Å²) in [5, 5.41) is 14.1. The molecule has 0 saturated heterocycles. The normalized spacial score (nSPS) is 10.1. The van der Waals surface area contributed by atoms with Gasteiger partial charge in [0.15, 0.2) is 0 Å². The standard InChI is InChI=1S/C17H14N2OS/c1-12-19-17-15(20)10-13(11-16(17)21-12)6-5-9-18-14-7-3-2-4-8-14/h2-4,7-8,10-11,18,20H,9H2,1H3. The molecule has 104 valence electrons. The predicted molar refractivity (Wildman–Crippen MR) is 87.8 cm³/mol. The average Bonchev–Trinajstić information content (AvgIpc) is 2.86. The Labute approximate surface area is 127 Å². The minimum Gasteiger partial charge on any atom is -0.506 e. The van der Waals surface area contributed by atoms with Crippen molar-refractivity contribution in [1.29, 1.82) is 0 Å². The molecule has 0 saturated carbocycles. The lowest BCUT2D eigenvalue weighted by molar-refractivity contribution is 0.480. The van der Waals surface area contributed by atoms with Crippen LogP contribution in [0.1, 0.15) is 10.6 Å². The van der Waals surface area contributed by atoms with Crippen LogP contribution in [-0.4, -0.2) is 16.6 Å². The summed E-state index contributed by atoms with van der Waals surface area (Å²) in [6.07, 6.45) is 0. The van der Waals surface area contributed by atoms with Crippen LogP contribution in [0.15, 0.2) is 42.5 Å². The number of aromatic nitrogens is 1. The number of aryl methyl sites for hydroxylation is 1. The number of benzene rings is 2. The first-order valence-electron chi connectivity index (χ1n) is 6.60. The van der Waals surface area contributed by atoms with E-state index < -0.39 is 0 Å². The lowest BCUT2D eigenvalue weighted by Gasteiger charge is -2.00. The molecule has 21 heavy (non-hydrogen) atoms. The summed E-state index contributed by atoms with van der Waals surface area (Å²) in [7, 11) is 0. The van der Waals surface area contributed by atoms with Gasteiger partial charge in [0.1, 0.15) is 11.3 Å². The molecular weight excluding hydrogens is 280 g/mol. The number of nitrogens with one attached hydrogen (secondary N) is 1. The van der Waals surface area contributed by atoms with Crippen molar-refractivity contribution in [2.24, 2.45) is 0 Å². The monoisotopic (exact) mass is 294 g/mol. The summed E-state index contributed by atoms with van der Waals surface area (Å²) < 4.78 is 0.966. The van der Waals surface area contributed by atoms with E-state index in [1.165, 1.54) is 0 Å². The second-order valence-electron chi connectivity index (χ2n) is 4.60. The number of aromatic hydroxyl groups is 1. The van der Waals surface area contributed by atoms with Crippen molar-refractivity contribution >= 4 is 27.2 Å². The van der Waals surface area contributed by atoms with Gasteiger partial charge in [0.05, 0.1) is 16.3 Å². The van der Waals surface area contributed by atoms with Gasteiger partial charge in [0.25, 0.3) is 0 Å². The molecular formula is C17H14N2OS. The van der Waals surface area contributed by atoms with E-state index in [1.54, 1.807) is 17.4 Å². The lowest BCUT2D eigenvalue weighted by atomic mass is 10.2. The minimum atomic E-state index is 0.192. The number of hydrogen-bond acceptors (Lipinski definition) is 4. The van der Waals surface area contributed by atoms with Gasteiger partial charge in [0.2, 0.25) is 0 Å². The van der Waals surface area contributed by atoms with E-state index >= 15 is 0 Å². The molecule has 1 heterocycles. The number of thiazole rings is 1. The second kappa shape index (κ2) is 5.86. The van der Waals surface area contributed by atoms with Crippen LogP contribution in [-0.2, 0) is 0 Å². The van der Waals surface area contributed by atoms with Crippen LogP contribution in [0.5, 0.6) is 5.75 Å². The Hall–Kier alpha value is -2.51. The van der Waals surface area contributed by atoms with Gasteiger partial charge in [-0.3, -0.25) is 0 Å². The first kappa shape index (κ1) is 13.5. The van der Waals surface area contributed by atoms with E-state index in [4.69, 9.17) is 0 Å². The van der Waals surface area contributed by atoms with E-state index in [9.17, 15) is 5.11 Å². The zero-order chi connectivity index (χ0) is 14.7. The van der Waals surface area contributed by atoms with Gasteiger partial charge in [-0.05, 0) is 31.2 Å². The maximum absolute atomic E-state index is 9.96. The van der Waals surface area contributed by atoms with Crippen LogP contribution >= 0.6 is 11.3 Å². The number of rotatable bonds is 2. The van der Waals surface area contributed by atoms with Gasteiger partial charge in [-0.2, -0.15) is 0 Å². The number of para-hydroxylation sites is 1. The number of phenols is 1. The van der Waals surface area contributed by atoms with Crippen LogP contribution in [0.3, 0.4) is 0 Å². The first-order chi connectivity index (χ1) is 10.2. The minimum absolute atomic E-state index is 0.192. The molecule has 0 fully saturated rings. The van der Waals surface area contributed by atoms with Crippen molar-refractivity contribution in [2.45, 2.75) is 6.92 Å². The topological polar surface area (TPSA) is 45.2 Å². The molecule has 4 heteroatoms. The number of anilines is 1. The van der Waals surface area contributed by atoms with E-state index in [2.05, 4.69) is 22.1 Å². The molecule has 3 aromatic rings. The summed E-state index contributed by atoms with van der Waals surface area (Å²) in [6, 6.07) is 13.6. The largest absolute Gasteiger partial charge is 0.506 e. The van der Waals surface area contributed by atoms with Crippen LogP contribution in [0.25, 0.3) is 10.2 Å². The molecule has 1 aromatic heterocycles. The Balaban J connectivity index is 1.75. The third kappa shape index (κ3) is 3.15. The van der Waals surface area contributed by atoms with Crippen molar-refractivity contribution < 1.29 is 5.11 Å². The molecule has 3 rings (SSSR count). The van der Waals surface area contributed by atoms with Crippen molar-refractivity contribution in [3.05, 3.63) is 53.0 Å². The van der Waals surface area contributed by atoms with Crippen molar-refractivity contribution in [2.75, 3.05) is 11.9 Å². The zero-order valence-corrected chi connectivity index (χ0v) is 12.4. The highest BCUT2D eigenvalue weighted by Gasteiger charge is 2.06. The van der Waals surface area contributed by atoms with Gasteiger partial charge in [-0.1, -0.05) is 30.0 Å².